The Morgan fingerprint density at radius 2 is 2.00 bits per heavy atom. The number of hydrogen-bond donors (Lipinski definition) is 2. The van der Waals surface area contributed by atoms with E-state index < -0.39 is 0 Å². The van der Waals surface area contributed by atoms with Crippen LogP contribution < -0.4 is 5.48 Å². The van der Waals surface area contributed by atoms with E-state index in [1.807, 2.05) is 11.8 Å². The second-order valence-electron chi connectivity index (χ2n) is 3.19. The molecule has 1 aliphatic carbocycles. The zero-order valence-corrected chi connectivity index (χ0v) is 8.06. The molecule has 0 unspecified atom stereocenters. The van der Waals surface area contributed by atoms with Crippen molar-refractivity contribution in [2.24, 2.45) is 5.92 Å². The van der Waals surface area contributed by atoms with E-state index in [1.165, 1.54) is 0 Å². The minimum Gasteiger partial charge on any atom is -0.289 e. The number of hydroxylamine groups is 1. The van der Waals surface area contributed by atoms with Crippen molar-refractivity contribution in [1.29, 1.82) is 0 Å². The van der Waals surface area contributed by atoms with Gasteiger partial charge in [0.15, 0.2) is 0 Å². The molecular formula is C8H15NO2S. The van der Waals surface area contributed by atoms with Crippen molar-refractivity contribution >= 4 is 17.7 Å². The number of hydrogen-bond acceptors (Lipinski definition) is 3. The number of amides is 1. The van der Waals surface area contributed by atoms with Crippen molar-refractivity contribution < 1.29 is 10.0 Å². The van der Waals surface area contributed by atoms with Gasteiger partial charge in [-0.2, -0.15) is 11.8 Å². The van der Waals surface area contributed by atoms with Gasteiger partial charge in [-0.3, -0.25) is 10.0 Å². The number of carbonyl (C=O) groups is 1. The van der Waals surface area contributed by atoms with Crippen LogP contribution in [-0.2, 0) is 4.79 Å². The molecule has 12 heavy (non-hydrogen) atoms. The lowest BCUT2D eigenvalue weighted by Gasteiger charge is -2.25. The Bertz CT molecular complexity index is 155. The summed E-state index contributed by atoms with van der Waals surface area (Å²) in [5.74, 6) is -0.173. The number of rotatable bonds is 2. The molecule has 0 aromatic heterocycles. The van der Waals surface area contributed by atoms with Crippen LogP contribution >= 0.6 is 11.8 Å². The lowest BCUT2D eigenvalue weighted by molar-refractivity contribution is -0.134. The highest BCUT2D eigenvalue weighted by molar-refractivity contribution is 7.99. The standard InChI is InChI=1S/C8H15NO2S/c1-12-7-4-2-6(3-5-7)8(10)9-11/h6-7,11H,2-5H2,1H3,(H,9,10). The molecule has 0 aromatic carbocycles. The molecule has 4 heteroatoms. The monoisotopic (exact) mass is 189 g/mol. The van der Waals surface area contributed by atoms with Gasteiger partial charge in [0.2, 0.25) is 5.91 Å². The van der Waals surface area contributed by atoms with Crippen LogP contribution in [0.5, 0.6) is 0 Å². The molecule has 0 aromatic rings. The highest BCUT2D eigenvalue weighted by Crippen LogP contribution is 2.30. The van der Waals surface area contributed by atoms with Crippen molar-refractivity contribution in [3.63, 3.8) is 0 Å². The lowest BCUT2D eigenvalue weighted by atomic mass is 9.88. The predicted molar refractivity (Wildman–Crippen MR) is 49.2 cm³/mol. The van der Waals surface area contributed by atoms with Gasteiger partial charge in [-0.25, -0.2) is 5.48 Å². The van der Waals surface area contributed by atoms with Crippen molar-refractivity contribution in [1.82, 2.24) is 5.48 Å². The first-order valence-corrected chi connectivity index (χ1v) is 5.53. The van der Waals surface area contributed by atoms with Crippen LogP contribution in [0.2, 0.25) is 0 Å². The average molecular weight is 189 g/mol. The van der Waals surface area contributed by atoms with E-state index in [9.17, 15) is 4.79 Å². The van der Waals surface area contributed by atoms with Crippen LogP contribution in [0, 0.1) is 5.92 Å². The van der Waals surface area contributed by atoms with Gasteiger partial charge in [-0.15, -0.1) is 0 Å². The van der Waals surface area contributed by atoms with E-state index in [1.54, 1.807) is 5.48 Å². The number of thioether (sulfide) groups is 1. The molecule has 0 atom stereocenters. The predicted octanol–water partition coefficient (Wildman–Crippen LogP) is 1.41. The van der Waals surface area contributed by atoms with Gasteiger partial charge in [0, 0.05) is 11.2 Å². The van der Waals surface area contributed by atoms with Crippen LogP contribution in [0.15, 0.2) is 0 Å². The van der Waals surface area contributed by atoms with Gasteiger partial charge in [0.25, 0.3) is 0 Å². The lowest BCUT2D eigenvalue weighted by Crippen LogP contribution is -2.31. The molecule has 2 N–H and O–H groups in total. The minimum atomic E-state index is -0.213. The first-order valence-electron chi connectivity index (χ1n) is 4.24. The normalized spacial score (nSPS) is 29.8. The summed E-state index contributed by atoms with van der Waals surface area (Å²) in [5.41, 5.74) is 1.72. The third kappa shape index (κ3) is 2.38. The van der Waals surface area contributed by atoms with Crippen molar-refractivity contribution in [2.45, 2.75) is 30.9 Å². The highest BCUT2D eigenvalue weighted by atomic mass is 32.2. The molecule has 0 spiro atoms. The van der Waals surface area contributed by atoms with Gasteiger partial charge >= 0.3 is 0 Å². The fraction of sp³-hybridized carbons (Fsp3) is 0.875. The molecule has 0 saturated heterocycles. The second-order valence-corrected chi connectivity index (χ2v) is 4.32. The van der Waals surface area contributed by atoms with Crippen molar-refractivity contribution in [2.75, 3.05) is 6.26 Å². The maximum atomic E-state index is 11.0. The van der Waals surface area contributed by atoms with Gasteiger partial charge in [0.1, 0.15) is 0 Å². The highest BCUT2D eigenvalue weighted by Gasteiger charge is 2.25. The molecule has 1 saturated carbocycles. The molecule has 3 nitrogen and oxygen atoms in total. The van der Waals surface area contributed by atoms with Crippen LogP contribution in [0.1, 0.15) is 25.7 Å². The zero-order valence-electron chi connectivity index (χ0n) is 7.25. The molecule has 0 heterocycles. The van der Waals surface area contributed by atoms with E-state index in [0.29, 0.717) is 5.25 Å². The molecule has 1 fully saturated rings. The smallest absolute Gasteiger partial charge is 0.246 e. The van der Waals surface area contributed by atoms with Crippen molar-refractivity contribution in [3.05, 3.63) is 0 Å². The third-order valence-electron chi connectivity index (χ3n) is 2.49. The first-order chi connectivity index (χ1) is 5.77. The van der Waals surface area contributed by atoms with Crippen LogP contribution in [-0.4, -0.2) is 22.6 Å². The molecule has 0 aliphatic heterocycles. The summed E-state index contributed by atoms with van der Waals surface area (Å²) in [6.45, 7) is 0. The topological polar surface area (TPSA) is 49.3 Å². The molecule has 70 valence electrons. The number of carbonyl (C=O) groups excluding carboxylic acids is 1. The fourth-order valence-corrected chi connectivity index (χ4v) is 2.40. The third-order valence-corrected chi connectivity index (χ3v) is 3.63. The van der Waals surface area contributed by atoms with E-state index in [2.05, 4.69) is 6.26 Å². The van der Waals surface area contributed by atoms with Crippen molar-refractivity contribution in [3.8, 4) is 0 Å². The summed E-state index contributed by atoms with van der Waals surface area (Å²) < 4.78 is 0. The Morgan fingerprint density at radius 3 is 2.42 bits per heavy atom. The SMILES string of the molecule is CSC1CCC(C(=O)NO)CC1. The number of nitrogens with one attached hydrogen (secondary N) is 1. The van der Waals surface area contributed by atoms with Crippen LogP contribution in [0.3, 0.4) is 0 Å². The summed E-state index contributed by atoms with van der Waals surface area (Å²) in [6, 6.07) is 0. The first kappa shape index (κ1) is 9.86. The Hall–Kier alpha value is -0.220. The zero-order chi connectivity index (χ0) is 8.97. The van der Waals surface area contributed by atoms with E-state index in [4.69, 9.17) is 5.21 Å². The Labute approximate surface area is 76.9 Å². The summed E-state index contributed by atoms with van der Waals surface area (Å²) in [5, 5.41) is 9.12. The molecule has 1 amide bonds. The van der Waals surface area contributed by atoms with Gasteiger partial charge in [-0.05, 0) is 31.9 Å². The maximum Gasteiger partial charge on any atom is 0.246 e. The van der Waals surface area contributed by atoms with Gasteiger partial charge in [0.05, 0.1) is 0 Å². The molecule has 0 radical (unpaired) electrons. The average Bonchev–Trinajstić information content (AvgIpc) is 2.17. The molecular weight excluding hydrogens is 174 g/mol. The van der Waals surface area contributed by atoms with Gasteiger partial charge in [-0.1, -0.05) is 0 Å². The summed E-state index contributed by atoms with van der Waals surface area (Å²) in [7, 11) is 0. The summed E-state index contributed by atoms with van der Waals surface area (Å²) in [6.07, 6.45) is 6.13. The van der Waals surface area contributed by atoms with E-state index in [0.717, 1.165) is 25.7 Å². The molecule has 1 aliphatic rings. The fourth-order valence-electron chi connectivity index (χ4n) is 1.65. The van der Waals surface area contributed by atoms with Crippen LogP contribution in [0.4, 0.5) is 0 Å². The Balaban J connectivity index is 2.30. The maximum absolute atomic E-state index is 11.0. The Kier molecular flexibility index (Phi) is 3.88. The minimum absolute atomic E-state index is 0.0402. The quantitative estimate of drug-likeness (QED) is 0.510. The Morgan fingerprint density at radius 1 is 1.42 bits per heavy atom. The second kappa shape index (κ2) is 4.72. The largest absolute Gasteiger partial charge is 0.289 e. The summed E-state index contributed by atoms with van der Waals surface area (Å²) in [4.78, 5) is 11.0. The van der Waals surface area contributed by atoms with Crippen LogP contribution in [0.25, 0.3) is 0 Å². The van der Waals surface area contributed by atoms with E-state index in [-0.39, 0.29) is 11.8 Å². The summed E-state index contributed by atoms with van der Waals surface area (Å²) >= 11 is 1.87. The molecule has 0 bridgehead atoms. The van der Waals surface area contributed by atoms with E-state index >= 15 is 0 Å². The van der Waals surface area contributed by atoms with Gasteiger partial charge < -0.3 is 0 Å². The molecule has 1 rings (SSSR count).